The van der Waals surface area contributed by atoms with Crippen molar-refractivity contribution in [3.8, 4) is 0 Å². The Morgan fingerprint density at radius 2 is 2.28 bits per heavy atom. The number of hydrogen-bond donors (Lipinski definition) is 3. The lowest BCUT2D eigenvalue weighted by molar-refractivity contribution is 0.0927. The molecule has 96 valence electrons. The molecule has 0 fully saturated rings. The minimum atomic E-state index is -0.274. The molecule has 0 aliphatic heterocycles. The number of fused-ring (bicyclic) bond motifs is 1. The summed E-state index contributed by atoms with van der Waals surface area (Å²) < 4.78 is 1.01. The molecule has 0 saturated carbocycles. The molecule has 0 radical (unpaired) electrons. The normalized spacial score (nSPS) is 12.6. The molecule has 1 atom stereocenters. The fourth-order valence-electron chi connectivity index (χ4n) is 1.73. The molecule has 0 aliphatic carbocycles. The van der Waals surface area contributed by atoms with Crippen molar-refractivity contribution in [2.75, 3.05) is 12.3 Å². The van der Waals surface area contributed by atoms with Gasteiger partial charge in [-0.25, -0.2) is 0 Å². The number of amides is 1. The van der Waals surface area contributed by atoms with Crippen LogP contribution >= 0.6 is 11.3 Å². The third-order valence-corrected chi connectivity index (χ3v) is 3.91. The number of rotatable bonds is 3. The fraction of sp³-hybridized carbons (Fsp3) is 0.308. The van der Waals surface area contributed by atoms with Gasteiger partial charge in [-0.2, -0.15) is 0 Å². The van der Waals surface area contributed by atoms with Crippen LogP contribution in [0.1, 0.15) is 22.2 Å². The highest BCUT2D eigenvalue weighted by atomic mass is 32.1. The van der Waals surface area contributed by atoms with Crippen molar-refractivity contribution in [2.24, 2.45) is 0 Å². The second kappa shape index (κ2) is 4.96. The summed E-state index contributed by atoms with van der Waals surface area (Å²) in [5, 5.41) is 12.5. The van der Waals surface area contributed by atoms with Gasteiger partial charge in [0.1, 0.15) is 4.88 Å². The SMILES string of the molecule is Cc1ccc2c(N)c(C(=O)NC(C)CO)sc2c1. The van der Waals surface area contributed by atoms with Gasteiger partial charge in [-0.05, 0) is 25.5 Å². The maximum absolute atomic E-state index is 12.0. The second-order valence-corrected chi connectivity index (χ2v) is 5.45. The summed E-state index contributed by atoms with van der Waals surface area (Å²) in [5.74, 6) is -0.229. The highest BCUT2D eigenvalue weighted by molar-refractivity contribution is 7.21. The number of nitrogen functional groups attached to an aromatic ring is 1. The first-order valence-corrected chi connectivity index (χ1v) is 6.55. The molecule has 5 heteroatoms. The van der Waals surface area contributed by atoms with Crippen molar-refractivity contribution < 1.29 is 9.90 Å². The van der Waals surface area contributed by atoms with Crippen LogP contribution in [0.4, 0.5) is 5.69 Å². The van der Waals surface area contributed by atoms with Crippen molar-refractivity contribution in [2.45, 2.75) is 19.9 Å². The maximum Gasteiger partial charge on any atom is 0.263 e. The minimum absolute atomic E-state index is 0.0877. The van der Waals surface area contributed by atoms with E-state index >= 15 is 0 Å². The molecular weight excluding hydrogens is 248 g/mol. The van der Waals surface area contributed by atoms with Gasteiger partial charge in [0.25, 0.3) is 5.91 Å². The number of hydrogen-bond acceptors (Lipinski definition) is 4. The number of nitrogens with two attached hydrogens (primary N) is 1. The molecule has 0 aliphatic rings. The van der Waals surface area contributed by atoms with E-state index in [0.717, 1.165) is 15.6 Å². The lowest BCUT2D eigenvalue weighted by Gasteiger charge is -2.09. The maximum atomic E-state index is 12.0. The fourth-order valence-corrected chi connectivity index (χ4v) is 2.85. The zero-order valence-electron chi connectivity index (χ0n) is 10.4. The van der Waals surface area contributed by atoms with Crippen LogP contribution in [0.5, 0.6) is 0 Å². The predicted molar refractivity (Wildman–Crippen MR) is 75.0 cm³/mol. The van der Waals surface area contributed by atoms with Gasteiger partial charge in [-0.15, -0.1) is 11.3 Å². The molecular formula is C13H16N2O2S. The molecule has 0 spiro atoms. The molecule has 4 nitrogen and oxygen atoms in total. The van der Waals surface area contributed by atoms with E-state index in [-0.39, 0.29) is 18.6 Å². The van der Waals surface area contributed by atoms with Crippen molar-refractivity contribution >= 4 is 33.0 Å². The first kappa shape index (κ1) is 12.9. The highest BCUT2D eigenvalue weighted by Crippen LogP contribution is 2.34. The van der Waals surface area contributed by atoms with Gasteiger partial charge < -0.3 is 16.2 Å². The minimum Gasteiger partial charge on any atom is -0.397 e. The number of carbonyl (C=O) groups is 1. The Balaban J connectivity index is 2.39. The molecule has 2 aromatic rings. The van der Waals surface area contributed by atoms with Crippen LogP contribution in [0.15, 0.2) is 18.2 Å². The largest absolute Gasteiger partial charge is 0.397 e. The predicted octanol–water partition coefficient (Wildman–Crippen LogP) is 1.90. The molecule has 0 saturated heterocycles. The Bertz CT molecular complexity index is 592. The highest BCUT2D eigenvalue weighted by Gasteiger charge is 2.17. The van der Waals surface area contributed by atoms with E-state index in [9.17, 15) is 4.79 Å². The van der Waals surface area contributed by atoms with E-state index in [1.807, 2.05) is 25.1 Å². The zero-order valence-corrected chi connectivity index (χ0v) is 11.2. The number of carbonyl (C=O) groups excluding carboxylic acids is 1. The van der Waals surface area contributed by atoms with Gasteiger partial charge in [0.05, 0.1) is 12.3 Å². The van der Waals surface area contributed by atoms with E-state index in [0.29, 0.717) is 10.6 Å². The molecule has 0 bridgehead atoms. The van der Waals surface area contributed by atoms with Crippen LogP contribution < -0.4 is 11.1 Å². The Kier molecular flexibility index (Phi) is 3.54. The van der Waals surface area contributed by atoms with E-state index < -0.39 is 0 Å². The first-order valence-electron chi connectivity index (χ1n) is 5.73. The Morgan fingerprint density at radius 1 is 1.56 bits per heavy atom. The Morgan fingerprint density at radius 3 is 2.94 bits per heavy atom. The summed E-state index contributed by atoms with van der Waals surface area (Å²) in [6.07, 6.45) is 0. The molecule has 1 heterocycles. The van der Waals surface area contributed by atoms with Crippen molar-refractivity contribution in [3.63, 3.8) is 0 Å². The molecule has 1 amide bonds. The summed E-state index contributed by atoms with van der Waals surface area (Å²) >= 11 is 1.38. The van der Waals surface area contributed by atoms with Gasteiger partial charge in [-0.3, -0.25) is 4.79 Å². The average molecular weight is 264 g/mol. The summed E-state index contributed by atoms with van der Waals surface area (Å²) in [7, 11) is 0. The van der Waals surface area contributed by atoms with E-state index in [1.165, 1.54) is 11.3 Å². The number of aliphatic hydroxyl groups is 1. The zero-order chi connectivity index (χ0) is 13.3. The van der Waals surface area contributed by atoms with Crippen LogP contribution in [-0.2, 0) is 0 Å². The molecule has 18 heavy (non-hydrogen) atoms. The standard InChI is InChI=1S/C13H16N2O2S/c1-7-3-4-9-10(5-7)18-12(11(9)14)13(17)15-8(2)6-16/h3-5,8,16H,6,14H2,1-2H3,(H,15,17). The van der Waals surface area contributed by atoms with Crippen LogP contribution in [0.3, 0.4) is 0 Å². The smallest absolute Gasteiger partial charge is 0.263 e. The molecule has 1 unspecified atom stereocenters. The molecule has 4 N–H and O–H groups in total. The van der Waals surface area contributed by atoms with E-state index in [2.05, 4.69) is 5.32 Å². The lowest BCUT2D eigenvalue weighted by atomic mass is 10.1. The van der Waals surface area contributed by atoms with Crippen molar-refractivity contribution in [3.05, 3.63) is 28.6 Å². The summed E-state index contributed by atoms with van der Waals surface area (Å²) in [4.78, 5) is 12.5. The number of anilines is 1. The van der Waals surface area contributed by atoms with Gasteiger partial charge in [0.2, 0.25) is 0 Å². The van der Waals surface area contributed by atoms with Crippen LogP contribution in [-0.4, -0.2) is 23.7 Å². The Hall–Kier alpha value is -1.59. The third-order valence-electron chi connectivity index (χ3n) is 2.74. The topological polar surface area (TPSA) is 75.4 Å². The number of aryl methyl sites for hydroxylation is 1. The van der Waals surface area contributed by atoms with Gasteiger partial charge in [0, 0.05) is 16.1 Å². The third kappa shape index (κ3) is 2.32. The van der Waals surface area contributed by atoms with Crippen LogP contribution in [0, 0.1) is 6.92 Å². The van der Waals surface area contributed by atoms with Crippen molar-refractivity contribution in [1.29, 1.82) is 0 Å². The molecule has 1 aromatic heterocycles. The second-order valence-electron chi connectivity index (χ2n) is 4.40. The number of thiophene rings is 1. The average Bonchev–Trinajstić information content (AvgIpc) is 2.66. The molecule has 1 aromatic carbocycles. The quantitative estimate of drug-likeness (QED) is 0.792. The number of aliphatic hydroxyl groups excluding tert-OH is 1. The summed E-state index contributed by atoms with van der Waals surface area (Å²) in [6.45, 7) is 3.66. The number of nitrogens with one attached hydrogen (secondary N) is 1. The number of benzene rings is 1. The summed E-state index contributed by atoms with van der Waals surface area (Å²) in [6, 6.07) is 5.65. The monoisotopic (exact) mass is 264 g/mol. The lowest BCUT2D eigenvalue weighted by Crippen LogP contribution is -2.34. The van der Waals surface area contributed by atoms with Gasteiger partial charge >= 0.3 is 0 Å². The Labute approximate surface area is 109 Å². The van der Waals surface area contributed by atoms with Crippen molar-refractivity contribution in [1.82, 2.24) is 5.32 Å². The first-order chi connectivity index (χ1) is 8.52. The summed E-state index contributed by atoms with van der Waals surface area (Å²) in [5.41, 5.74) is 7.64. The van der Waals surface area contributed by atoms with Crippen LogP contribution in [0.2, 0.25) is 0 Å². The van der Waals surface area contributed by atoms with E-state index in [4.69, 9.17) is 10.8 Å². The van der Waals surface area contributed by atoms with Crippen LogP contribution in [0.25, 0.3) is 10.1 Å². The van der Waals surface area contributed by atoms with Gasteiger partial charge in [0.15, 0.2) is 0 Å². The van der Waals surface area contributed by atoms with E-state index in [1.54, 1.807) is 6.92 Å². The van der Waals surface area contributed by atoms with Gasteiger partial charge in [-0.1, -0.05) is 12.1 Å². The molecule has 2 rings (SSSR count).